The molecule has 0 bridgehead atoms. The largest absolute Gasteiger partial charge is 0.494 e. The molecule has 0 unspecified atom stereocenters. The first-order valence-corrected chi connectivity index (χ1v) is 7.23. The molecule has 0 spiro atoms. The van der Waals surface area contributed by atoms with Crippen molar-refractivity contribution in [1.82, 2.24) is 10.2 Å². The number of nitrogens with one attached hydrogen (secondary N) is 1. The van der Waals surface area contributed by atoms with Gasteiger partial charge in [0.1, 0.15) is 0 Å². The molecule has 1 aromatic carbocycles. The molecule has 124 valence electrons. The third-order valence-corrected chi connectivity index (χ3v) is 3.86. The fourth-order valence-corrected chi connectivity index (χ4v) is 2.63. The highest BCUT2D eigenvalue weighted by atomic mass is 127. The van der Waals surface area contributed by atoms with Gasteiger partial charge >= 0.3 is 0 Å². The maximum atomic E-state index is 13.7. The molecule has 1 N–H and O–H groups in total. The smallest absolute Gasteiger partial charge is 0.193 e. The summed E-state index contributed by atoms with van der Waals surface area (Å²) in [5, 5.41) is 3.30. The minimum absolute atomic E-state index is 0. The summed E-state index contributed by atoms with van der Waals surface area (Å²) in [6.07, 6.45) is 1.16. The van der Waals surface area contributed by atoms with Crippen molar-refractivity contribution in [2.45, 2.75) is 26.8 Å². The molecule has 1 saturated heterocycles. The molecule has 0 radical (unpaired) electrons. The number of halogens is 2. The summed E-state index contributed by atoms with van der Waals surface area (Å²) >= 11 is 0. The van der Waals surface area contributed by atoms with Crippen molar-refractivity contribution in [3.63, 3.8) is 0 Å². The van der Waals surface area contributed by atoms with Gasteiger partial charge < -0.3 is 15.0 Å². The lowest BCUT2D eigenvalue weighted by molar-refractivity contribution is 0.370. The average Bonchev–Trinajstić information content (AvgIpc) is 2.80. The lowest BCUT2D eigenvalue weighted by Crippen LogP contribution is -2.40. The molecule has 1 heterocycles. The van der Waals surface area contributed by atoms with E-state index in [0.29, 0.717) is 12.0 Å². The van der Waals surface area contributed by atoms with Crippen LogP contribution in [-0.2, 0) is 6.54 Å². The number of hydrogen-bond acceptors (Lipinski definition) is 2. The van der Waals surface area contributed by atoms with Gasteiger partial charge in [0.15, 0.2) is 17.5 Å². The van der Waals surface area contributed by atoms with Gasteiger partial charge in [-0.15, -0.1) is 24.0 Å². The fourth-order valence-electron chi connectivity index (χ4n) is 2.63. The number of likely N-dealkylation sites (tertiary alicyclic amines) is 1. The number of ether oxygens (including phenoxy) is 1. The van der Waals surface area contributed by atoms with E-state index in [0.717, 1.165) is 31.0 Å². The topological polar surface area (TPSA) is 36.9 Å². The number of rotatable bonds is 3. The van der Waals surface area contributed by atoms with Crippen molar-refractivity contribution in [2.24, 2.45) is 10.4 Å². The number of guanidine groups is 1. The Labute approximate surface area is 149 Å². The lowest BCUT2D eigenvalue weighted by Gasteiger charge is -2.23. The van der Waals surface area contributed by atoms with Gasteiger partial charge in [0.25, 0.3) is 0 Å². The van der Waals surface area contributed by atoms with Gasteiger partial charge in [-0.2, -0.15) is 0 Å². The van der Waals surface area contributed by atoms with E-state index < -0.39 is 0 Å². The van der Waals surface area contributed by atoms with Crippen molar-refractivity contribution in [3.8, 4) is 5.75 Å². The highest BCUT2D eigenvalue weighted by Crippen LogP contribution is 2.28. The molecule has 1 aliphatic rings. The summed E-state index contributed by atoms with van der Waals surface area (Å²) in [5.41, 5.74) is 1.19. The molecule has 0 atom stereocenters. The van der Waals surface area contributed by atoms with Crippen LogP contribution in [0.25, 0.3) is 0 Å². The maximum Gasteiger partial charge on any atom is 0.193 e. The number of nitrogens with zero attached hydrogens (tertiary/aromatic N) is 2. The monoisotopic (exact) mass is 421 g/mol. The van der Waals surface area contributed by atoms with Gasteiger partial charge in [0, 0.05) is 26.7 Å². The second-order valence-corrected chi connectivity index (χ2v) is 6.21. The summed E-state index contributed by atoms with van der Waals surface area (Å²) in [7, 11) is 3.25. The predicted octanol–water partition coefficient (Wildman–Crippen LogP) is 3.26. The second-order valence-electron chi connectivity index (χ2n) is 6.21. The minimum Gasteiger partial charge on any atom is -0.494 e. The van der Waals surface area contributed by atoms with Crippen molar-refractivity contribution in [1.29, 1.82) is 0 Å². The molecule has 2 rings (SSSR count). The zero-order chi connectivity index (χ0) is 15.5. The molecule has 1 aliphatic heterocycles. The zero-order valence-electron chi connectivity index (χ0n) is 13.6. The summed E-state index contributed by atoms with van der Waals surface area (Å²) in [5.74, 6) is 0.801. The van der Waals surface area contributed by atoms with Crippen LogP contribution in [0.4, 0.5) is 4.39 Å². The van der Waals surface area contributed by atoms with Crippen LogP contribution in [0.15, 0.2) is 23.2 Å². The number of benzene rings is 1. The quantitative estimate of drug-likeness (QED) is 0.463. The Balaban J connectivity index is 0.00000242. The van der Waals surface area contributed by atoms with Gasteiger partial charge in [-0.1, -0.05) is 19.9 Å². The molecule has 4 nitrogen and oxygen atoms in total. The standard InChI is InChI=1S/C16H24FN3O.HI/c1-16(2)7-8-20(11-16)15(18-3)19-10-12-5-6-14(21-4)13(17)9-12;/h5-6,9H,7-8,10-11H2,1-4H3,(H,18,19);1H. The SMILES string of the molecule is CN=C(NCc1ccc(OC)c(F)c1)N1CCC(C)(C)C1.I. The predicted molar refractivity (Wildman–Crippen MR) is 98.5 cm³/mol. The van der Waals surface area contributed by atoms with E-state index in [1.54, 1.807) is 13.1 Å². The van der Waals surface area contributed by atoms with Gasteiger partial charge in [0.2, 0.25) is 0 Å². The first-order chi connectivity index (χ1) is 9.95. The number of aliphatic imine (C=N–C) groups is 1. The third kappa shape index (κ3) is 4.72. The molecule has 6 heteroatoms. The van der Waals surface area contributed by atoms with Crippen LogP contribution in [0.1, 0.15) is 25.8 Å². The van der Waals surface area contributed by atoms with E-state index in [2.05, 4.69) is 29.1 Å². The zero-order valence-corrected chi connectivity index (χ0v) is 16.0. The number of hydrogen-bond donors (Lipinski definition) is 1. The first kappa shape index (κ1) is 19.0. The summed E-state index contributed by atoms with van der Waals surface area (Å²) < 4.78 is 18.6. The van der Waals surface area contributed by atoms with Crippen LogP contribution >= 0.6 is 24.0 Å². The highest BCUT2D eigenvalue weighted by molar-refractivity contribution is 14.0. The van der Waals surface area contributed by atoms with Crippen molar-refractivity contribution < 1.29 is 9.13 Å². The number of methoxy groups -OCH3 is 1. The van der Waals surface area contributed by atoms with Gasteiger partial charge in [0.05, 0.1) is 7.11 Å². The van der Waals surface area contributed by atoms with E-state index in [-0.39, 0.29) is 35.5 Å². The molecule has 22 heavy (non-hydrogen) atoms. The molecular formula is C16H25FIN3O. The van der Waals surface area contributed by atoms with E-state index in [9.17, 15) is 4.39 Å². The molecule has 0 aromatic heterocycles. The van der Waals surface area contributed by atoms with Crippen LogP contribution in [0.5, 0.6) is 5.75 Å². The van der Waals surface area contributed by atoms with Gasteiger partial charge in [-0.3, -0.25) is 4.99 Å². The third-order valence-electron chi connectivity index (χ3n) is 3.86. The van der Waals surface area contributed by atoms with Crippen molar-refractivity contribution in [3.05, 3.63) is 29.6 Å². The molecule has 0 amide bonds. The normalized spacial score (nSPS) is 17.1. The van der Waals surface area contributed by atoms with Crippen LogP contribution in [0.3, 0.4) is 0 Å². The Morgan fingerprint density at radius 3 is 2.68 bits per heavy atom. The molecule has 1 fully saturated rings. The fraction of sp³-hybridized carbons (Fsp3) is 0.562. The summed E-state index contributed by atoms with van der Waals surface area (Å²) in [4.78, 5) is 6.57. The van der Waals surface area contributed by atoms with E-state index in [1.165, 1.54) is 13.2 Å². The Morgan fingerprint density at radius 1 is 1.45 bits per heavy atom. The Morgan fingerprint density at radius 2 is 2.18 bits per heavy atom. The summed E-state index contributed by atoms with van der Waals surface area (Å²) in [6, 6.07) is 5.00. The molecule has 0 aliphatic carbocycles. The average molecular weight is 421 g/mol. The Bertz CT molecular complexity index is 534. The summed E-state index contributed by atoms with van der Waals surface area (Å²) in [6.45, 7) is 7.07. The van der Waals surface area contributed by atoms with E-state index in [4.69, 9.17) is 4.74 Å². The molecule has 1 aromatic rings. The highest BCUT2D eigenvalue weighted by Gasteiger charge is 2.30. The first-order valence-electron chi connectivity index (χ1n) is 7.23. The van der Waals surface area contributed by atoms with Crippen LogP contribution in [0, 0.1) is 11.2 Å². The lowest BCUT2D eigenvalue weighted by atomic mass is 9.93. The van der Waals surface area contributed by atoms with E-state index >= 15 is 0 Å². The van der Waals surface area contributed by atoms with Crippen LogP contribution in [0.2, 0.25) is 0 Å². The van der Waals surface area contributed by atoms with E-state index in [1.807, 2.05) is 6.07 Å². The minimum atomic E-state index is -0.339. The van der Waals surface area contributed by atoms with Crippen LogP contribution < -0.4 is 10.1 Å². The molecular weight excluding hydrogens is 396 g/mol. The van der Waals surface area contributed by atoms with Crippen molar-refractivity contribution in [2.75, 3.05) is 27.2 Å². The second kappa shape index (κ2) is 7.99. The Kier molecular flexibility index (Phi) is 6.90. The van der Waals surface area contributed by atoms with Crippen LogP contribution in [-0.4, -0.2) is 38.1 Å². The Hall–Kier alpha value is -1.05. The molecule has 0 saturated carbocycles. The van der Waals surface area contributed by atoms with Gasteiger partial charge in [-0.25, -0.2) is 4.39 Å². The van der Waals surface area contributed by atoms with Crippen molar-refractivity contribution >= 4 is 29.9 Å². The maximum absolute atomic E-state index is 13.7. The van der Waals surface area contributed by atoms with Gasteiger partial charge in [-0.05, 0) is 29.5 Å².